The average molecular weight is 241 g/mol. The van der Waals surface area contributed by atoms with E-state index in [4.69, 9.17) is 17.3 Å². The summed E-state index contributed by atoms with van der Waals surface area (Å²) in [6.07, 6.45) is 1.35. The Morgan fingerprint density at radius 3 is 2.75 bits per heavy atom. The number of para-hydroxylation sites is 1. The molecule has 0 aliphatic rings. The van der Waals surface area contributed by atoms with Gasteiger partial charge in [-0.25, -0.2) is 0 Å². The van der Waals surface area contributed by atoms with Crippen molar-refractivity contribution in [2.24, 2.45) is 11.7 Å². The molecule has 3 nitrogen and oxygen atoms in total. The monoisotopic (exact) mass is 240 g/mol. The number of nitrogens with one attached hydrogen (secondary N) is 1. The van der Waals surface area contributed by atoms with Gasteiger partial charge in [-0.3, -0.25) is 4.79 Å². The van der Waals surface area contributed by atoms with Crippen LogP contribution in [-0.2, 0) is 4.79 Å². The number of rotatable bonds is 5. The van der Waals surface area contributed by atoms with Crippen LogP contribution in [0.15, 0.2) is 24.3 Å². The third-order valence-electron chi connectivity index (χ3n) is 2.53. The molecule has 1 amide bonds. The van der Waals surface area contributed by atoms with Crippen molar-refractivity contribution in [3.63, 3.8) is 0 Å². The second-order valence-corrected chi connectivity index (χ2v) is 4.15. The number of halogens is 1. The molecule has 0 radical (unpaired) electrons. The van der Waals surface area contributed by atoms with Gasteiger partial charge in [0.25, 0.3) is 0 Å². The van der Waals surface area contributed by atoms with E-state index in [1.165, 1.54) is 0 Å². The maximum atomic E-state index is 11.7. The number of benzene rings is 1. The van der Waals surface area contributed by atoms with Gasteiger partial charge in [0.2, 0.25) is 5.91 Å². The Balaban J connectivity index is 2.55. The lowest BCUT2D eigenvalue weighted by molar-refractivity contribution is -0.117. The van der Waals surface area contributed by atoms with E-state index in [1.54, 1.807) is 12.1 Å². The molecule has 0 bridgehead atoms. The smallest absolute Gasteiger partial charge is 0.224 e. The molecule has 0 fully saturated rings. The lowest BCUT2D eigenvalue weighted by Gasteiger charge is -2.12. The quantitative estimate of drug-likeness (QED) is 0.832. The molecule has 0 aliphatic heterocycles. The zero-order valence-corrected chi connectivity index (χ0v) is 10.1. The molecule has 1 atom stereocenters. The van der Waals surface area contributed by atoms with Crippen molar-refractivity contribution in [3.8, 4) is 0 Å². The standard InChI is InChI=1S/C12H17ClN2O/c1-2-9(8-14)7-12(16)15-11-6-4-3-5-10(11)13/h3-6,9H,2,7-8,14H2,1H3,(H,15,16). The fourth-order valence-corrected chi connectivity index (χ4v) is 1.60. The van der Waals surface area contributed by atoms with Crippen LogP contribution in [0.3, 0.4) is 0 Å². The highest BCUT2D eigenvalue weighted by Gasteiger charge is 2.11. The highest BCUT2D eigenvalue weighted by molar-refractivity contribution is 6.33. The van der Waals surface area contributed by atoms with Gasteiger partial charge in [-0.1, -0.05) is 37.1 Å². The lowest BCUT2D eigenvalue weighted by Crippen LogP contribution is -2.21. The van der Waals surface area contributed by atoms with Crippen molar-refractivity contribution in [3.05, 3.63) is 29.3 Å². The van der Waals surface area contributed by atoms with E-state index in [2.05, 4.69) is 5.32 Å². The summed E-state index contributed by atoms with van der Waals surface area (Å²) in [6.45, 7) is 2.56. The molecule has 0 aliphatic carbocycles. The highest BCUT2D eigenvalue weighted by atomic mass is 35.5. The molecule has 0 saturated heterocycles. The number of nitrogens with two attached hydrogens (primary N) is 1. The Morgan fingerprint density at radius 1 is 1.50 bits per heavy atom. The molecule has 3 N–H and O–H groups in total. The highest BCUT2D eigenvalue weighted by Crippen LogP contribution is 2.21. The normalized spacial score (nSPS) is 12.2. The molecular weight excluding hydrogens is 224 g/mol. The summed E-state index contributed by atoms with van der Waals surface area (Å²) in [5.74, 6) is 0.202. The van der Waals surface area contributed by atoms with Crippen molar-refractivity contribution in [2.45, 2.75) is 19.8 Å². The topological polar surface area (TPSA) is 55.1 Å². The second kappa shape index (κ2) is 6.51. The Hall–Kier alpha value is -1.06. The molecule has 16 heavy (non-hydrogen) atoms. The number of hydrogen-bond acceptors (Lipinski definition) is 2. The fourth-order valence-electron chi connectivity index (χ4n) is 1.42. The second-order valence-electron chi connectivity index (χ2n) is 3.74. The predicted octanol–water partition coefficient (Wildman–Crippen LogP) is 2.65. The van der Waals surface area contributed by atoms with E-state index in [1.807, 2.05) is 19.1 Å². The average Bonchev–Trinajstić information content (AvgIpc) is 2.29. The lowest BCUT2D eigenvalue weighted by atomic mass is 10.0. The first-order chi connectivity index (χ1) is 7.67. The first-order valence-electron chi connectivity index (χ1n) is 5.41. The summed E-state index contributed by atoms with van der Waals surface area (Å²) in [7, 11) is 0. The van der Waals surface area contributed by atoms with Crippen LogP contribution in [0, 0.1) is 5.92 Å². The summed E-state index contributed by atoms with van der Waals surface area (Å²) >= 11 is 5.93. The summed E-state index contributed by atoms with van der Waals surface area (Å²) in [5.41, 5.74) is 6.20. The number of amides is 1. The fraction of sp³-hybridized carbons (Fsp3) is 0.417. The van der Waals surface area contributed by atoms with Gasteiger partial charge in [-0.15, -0.1) is 0 Å². The van der Waals surface area contributed by atoms with E-state index in [0.717, 1.165) is 6.42 Å². The van der Waals surface area contributed by atoms with Crippen molar-refractivity contribution in [1.29, 1.82) is 0 Å². The van der Waals surface area contributed by atoms with Gasteiger partial charge in [0.1, 0.15) is 0 Å². The zero-order chi connectivity index (χ0) is 12.0. The van der Waals surface area contributed by atoms with Crippen LogP contribution in [0.5, 0.6) is 0 Å². The first kappa shape index (κ1) is 13.0. The maximum Gasteiger partial charge on any atom is 0.224 e. The molecule has 0 aromatic heterocycles. The molecule has 88 valence electrons. The van der Waals surface area contributed by atoms with Crippen molar-refractivity contribution >= 4 is 23.2 Å². The number of carbonyl (C=O) groups is 1. The van der Waals surface area contributed by atoms with E-state index in [9.17, 15) is 4.79 Å². The van der Waals surface area contributed by atoms with E-state index < -0.39 is 0 Å². The van der Waals surface area contributed by atoms with Crippen molar-refractivity contribution < 1.29 is 4.79 Å². The van der Waals surface area contributed by atoms with Crippen LogP contribution in [0.1, 0.15) is 19.8 Å². The van der Waals surface area contributed by atoms with E-state index in [-0.39, 0.29) is 11.8 Å². The third kappa shape index (κ3) is 3.83. The third-order valence-corrected chi connectivity index (χ3v) is 2.86. The zero-order valence-electron chi connectivity index (χ0n) is 9.37. The predicted molar refractivity (Wildman–Crippen MR) is 67.5 cm³/mol. The van der Waals surface area contributed by atoms with Gasteiger partial charge in [-0.2, -0.15) is 0 Å². The van der Waals surface area contributed by atoms with Crippen LogP contribution >= 0.6 is 11.6 Å². The summed E-state index contributed by atoms with van der Waals surface area (Å²) in [4.78, 5) is 11.7. The number of hydrogen-bond donors (Lipinski definition) is 2. The van der Waals surface area contributed by atoms with Gasteiger partial charge >= 0.3 is 0 Å². The Morgan fingerprint density at radius 2 is 2.19 bits per heavy atom. The molecule has 0 saturated carbocycles. The molecule has 4 heteroatoms. The van der Waals surface area contributed by atoms with Gasteiger partial charge < -0.3 is 11.1 Å². The van der Waals surface area contributed by atoms with Gasteiger partial charge in [0.05, 0.1) is 10.7 Å². The Bertz CT molecular complexity index is 351. The minimum absolute atomic E-state index is 0.0367. The molecular formula is C12H17ClN2O. The van der Waals surface area contributed by atoms with E-state index >= 15 is 0 Å². The SMILES string of the molecule is CCC(CN)CC(=O)Nc1ccccc1Cl. The van der Waals surface area contributed by atoms with Crippen LogP contribution in [0.25, 0.3) is 0 Å². The molecule has 1 rings (SSSR count). The van der Waals surface area contributed by atoms with Gasteiger partial charge in [0.15, 0.2) is 0 Å². The Labute approximate surface area is 101 Å². The van der Waals surface area contributed by atoms with Gasteiger partial charge in [0, 0.05) is 6.42 Å². The molecule has 0 spiro atoms. The molecule has 1 unspecified atom stereocenters. The first-order valence-corrected chi connectivity index (χ1v) is 5.79. The van der Waals surface area contributed by atoms with Crippen LogP contribution in [0.4, 0.5) is 5.69 Å². The number of carbonyl (C=O) groups excluding carboxylic acids is 1. The van der Waals surface area contributed by atoms with Crippen LogP contribution in [0.2, 0.25) is 5.02 Å². The van der Waals surface area contributed by atoms with Crippen LogP contribution in [-0.4, -0.2) is 12.5 Å². The molecule has 1 aromatic rings. The largest absolute Gasteiger partial charge is 0.330 e. The Kier molecular flexibility index (Phi) is 5.29. The van der Waals surface area contributed by atoms with E-state index in [0.29, 0.717) is 23.7 Å². The number of anilines is 1. The minimum atomic E-state index is -0.0367. The maximum absolute atomic E-state index is 11.7. The van der Waals surface area contributed by atoms with Crippen molar-refractivity contribution in [2.75, 3.05) is 11.9 Å². The summed E-state index contributed by atoms with van der Waals surface area (Å²) < 4.78 is 0. The molecule has 0 heterocycles. The summed E-state index contributed by atoms with van der Waals surface area (Å²) in [5, 5.41) is 3.34. The molecule has 1 aromatic carbocycles. The van der Waals surface area contributed by atoms with Crippen LogP contribution < -0.4 is 11.1 Å². The van der Waals surface area contributed by atoms with Gasteiger partial charge in [-0.05, 0) is 24.6 Å². The minimum Gasteiger partial charge on any atom is -0.330 e. The van der Waals surface area contributed by atoms with Crippen molar-refractivity contribution in [1.82, 2.24) is 0 Å². The summed E-state index contributed by atoms with van der Waals surface area (Å²) in [6, 6.07) is 7.19.